The number of esters is 2. The number of hydrogen-bond acceptors (Lipinski definition) is 8. The molecule has 2 aliphatic heterocycles. The van der Waals surface area contributed by atoms with Crippen LogP contribution in [0.5, 0.6) is 0 Å². The van der Waals surface area contributed by atoms with Crippen LogP contribution in [0.4, 0.5) is 4.79 Å². The molecule has 0 saturated carbocycles. The van der Waals surface area contributed by atoms with Crippen LogP contribution in [0.1, 0.15) is 24.8 Å². The Bertz CT molecular complexity index is 701. The third-order valence-electron chi connectivity index (χ3n) is 4.71. The van der Waals surface area contributed by atoms with Crippen molar-refractivity contribution in [2.24, 2.45) is 0 Å². The Labute approximate surface area is 167 Å². The molecule has 1 aromatic carbocycles. The van der Waals surface area contributed by atoms with Gasteiger partial charge >= 0.3 is 18.0 Å². The van der Waals surface area contributed by atoms with Gasteiger partial charge in [0.15, 0.2) is 6.73 Å². The maximum Gasteiger partial charge on any atom is 0.413 e. The molecule has 152 valence electrons. The molecule has 2 heterocycles. The van der Waals surface area contributed by atoms with Gasteiger partial charge in [-0.25, -0.2) is 9.59 Å². The molecule has 3 rings (SSSR count). The molecular formula is C19H24N2O6S. The minimum absolute atomic E-state index is 0.0854. The summed E-state index contributed by atoms with van der Waals surface area (Å²) < 4.78 is 15.1. The van der Waals surface area contributed by atoms with Crippen LogP contribution < -0.4 is 5.32 Å². The zero-order valence-electron chi connectivity index (χ0n) is 15.7. The number of amides is 1. The molecule has 2 fully saturated rings. The molecule has 1 N–H and O–H groups in total. The van der Waals surface area contributed by atoms with Gasteiger partial charge in [-0.05, 0) is 24.8 Å². The Kier molecular flexibility index (Phi) is 7.16. The van der Waals surface area contributed by atoms with Gasteiger partial charge in [0.05, 0.1) is 12.5 Å². The van der Waals surface area contributed by atoms with Gasteiger partial charge in [-0.3, -0.25) is 15.0 Å². The summed E-state index contributed by atoms with van der Waals surface area (Å²) >= 11 is 1.66. The first-order chi connectivity index (χ1) is 13.6. The standard InChI is InChI=1S/C19H24N2O6S/c1-25-17(22)14-11-28-16(20-14)9-5-8-15-18(23)27-12-21(15)19(24)26-10-13-6-3-2-4-7-13/h2-4,6-7,14-16,20H,5,8-12H2,1H3/t14-,15-,16+/m0/s1. The van der Waals surface area contributed by atoms with Crippen molar-refractivity contribution in [3.8, 4) is 0 Å². The Morgan fingerprint density at radius 1 is 1.29 bits per heavy atom. The van der Waals surface area contributed by atoms with Gasteiger partial charge in [-0.15, -0.1) is 11.8 Å². The second-order valence-corrected chi connectivity index (χ2v) is 7.85. The number of hydrogen-bond donors (Lipinski definition) is 1. The van der Waals surface area contributed by atoms with Crippen LogP contribution >= 0.6 is 11.8 Å². The molecule has 8 nitrogen and oxygen atoms in total. The third kappa shape index (κ3) is 5.17. The Morgan fingerprint density at radius 3 is 2.82 bits per heavy atom. The van der Waals surface area contributed by atoms with Gasteiger partial charge in [-0.2, -0.15) is 0 Å². The highest BCUT2D eigenvalue weighted by atomic mass is 32.2. The van der Waals surface area contributed by atoms with E-state index in [2.05, 4.69) is 5.32 Å². The number of rotatable bonds is 7. The number of ether oxygens (including phenoxy) is 3. The normalized spacial score (nSPS) is 24.1. The zero-order chi connectivity index (χ0) is 19.9. The molecule has 0 aromatic heterocycles. The number of benzene rings is 1. The average Bonchev–Trinajstić information content (AvgIpc) is 3.34. The Morgan fingerprint density at radius 2 is 2.07 bits per heavy atom. The van der Waals surface area contributed by atoms with Crippen molar-refractivity contribution in [2.75, 3.05) is 19.6 Å². The van der Waals surface area contributed by atoms with Crippen molar-refractivity contribution in [3.63, 3.8) is 0 Å². The second kappa shape index (κ2) is 9.79. The fraction of sp³-hybridized carbons (Fsp3) is 0.526. The van der Waals surface area contributed by atoms with E-state index in [1.54, 1.807) is 11.8 Å². The summed E-state index contributed by atoms with van der Waals surface area (Å²) in [6, 6.07) is 8.43. The third-order valence-corrected chi connectivity index (χ3v) is 6.01. The Balaban J connectivity index is 1.44. The topological polar surface area (TPSA) is 94.2 Å². The highest BCUT2D eigenvalue weighted by Crippen LogP contribution is 2.26. The SMILES string of the molecule is COC(=O)[C@@H]1CS[C@H](CCC[C@H]2C(=O)OCN2C(=O)OCc2ccccc2)N1. The van der Waals surface area contributed by atoms with Crippen LogP contribution in [0.15, 0.2) is 30.3 Å². The van der Waals surface area contributed by atoms with Gasteiger partial charge in [0, 0.05) is 5.75 Å². The summed E-state index contributed by atoms with van der Waals surface area (Å²) in [5, 5.41) is 3.34. The highest BCUT2D eigenvalue weighted by Gasteiger charge is 2.39. The number of nitrogens with one attached hydrogen (secondary N) is 1. The molecule has 0 aliphatic carbocycles. The molecule has 2 saturated heterocycles. The van der Waals surface area contributed by atoms with Gasteiger partial charge in [0.25, 0.3) is 0 Å². The first-order valence-corrected chi connectivity index (χ1v) is 10.2. The summed E-state index contributed by atoms with van der Waals surface area (Å²) in [5.74, 6) is -0.00126. The van der Waals surface area contributed by atoms with Gasteiger partial charge in [0.1, 0.15) is 18.7 Å². The molecule has 0 unspecified atom stereocenters. The van der Waals surface area contributed by atoms with Crippen molar-refractivity contribution in [3.05, 3.63) is 35.9 Å². The summed E-state index contributed by atoms with van der Waals surface area (Å²) in [7, 11) is 1.37. The molecule has 3 atom stereocenters. The number of carbonyl (C=O) groups excluding carboxylic acids is 3. The van der Waals surface area contributed by atoms with Gasteiger partial charge in [0.2, 0.25) is 0 Å². The highest BCUT2D eigenvalue weighted by molar-refractivity contribution is 8.00. The van der Waals surface area contributed by atoms with E-state index >= 15 is 0 Å². The van der Waals surface area contributed by atoms with Gasteiger partial charge < -0.3 is 14.2 Å². The number of cyclic esters (lactones) is 1. The van der Waals surface area contributed by atoms with E-state index in [-0.39, 0.29) is 30.7 Å². The Hall–Kier alpha value is -2.26. The van der Waals surface area contributed by atoms with Crippen LogP contribution in [0.3, 0.4) is 0 Å². The van der Waals surface area contributed by atoms with Crippen LogP contribution in [-0.2, 0) is 30.4 Å². The molecule has 0 bridgehead atoms. The number of methoxy groups -OCH3 is 1. The number of carbonyl (C=O) groups is 3. The van der Waals surface area contributed by atoms with E-state index in [4.69, 9.17) is 14.2 Å². The lowest BCUT2D eigenvalue weighted by Gasteiger charge is -2.20. The quantitative estimate of drug-likeness (QED) is 0.540. The van der Waals surface area contributed by atoms with E-state index in [0.717, 1.165) is 12.0 Å². The molecular weight excluding hydrogens is 384 g/mol. The maximum absolute atomic E-state index is 12.3. The maximum atomic E-state index is 12.3. The average molecular weight is 408 g/mol. The van der Waals surface area contributed by atoms with E-state index in [1.165, 1.54) is 12.0 Å². The molecule has 1 aromatic rings. The van der Waals surface area contributed by atoms with Crippen molar-refractivity contribution in [1.29, 1.82) is 0 Å². The van der Waals surface area contributed by atoms with Crippen LogP contribution in [-0.4, -0.2) is 60.0 Å². The predicted octanol–water partition coefficient (Wildman–Crippen LogP) is 1.88. The number of thioether (sulfide) groups is 1. The van der Waals surface area contributed by atoms with Crippen LogP contribution in [0, 0.1) is 0 Å². The molecule has 1 amide bonds. The summed E-state index contributed by atoms with van der Waals surface area (Å²) in [5.41, 5.74) is 0.878. The van der Waals surface area contributed by atoms with E-state index < -0.39 is 18.1 Å². The fourth-order valence-electron chi connectivity index (χ4n) is 3.18. The van der Waals surface area contributed by atoms with Crippen molar-refractivity contribution in [1.82, 2.24) is 10.2 Å². The molecule has 0 spiro atoms. The lowest BCUT2D eigenvalue weighted by atomic mass is 10.1. The van der Waals surface area contributed by atoms with Crippen molar-refractivity contribution >= 4 is 29.8 Å². The zero-order valence-corrected chi connectivity index (χ0v) is 16.5. The van der Waals surface area contributed by atoms with Crippen molar-refractivity contribution in [2.45, 2.75) is 43.3 Å². The first kappa shape index (κ1) is 20.5. The summed E-state index contributed by atoms with van der Waals surface area (Å²) in [6.07, 6.45) is 1.41. The van der Waals surface area contributed by atoms with Crippen molar-refractivity contribution < 1.29 is 28.6 Å². The minimum atomic E-state index is -0.633. The predicted molar refractivity (Wildman–Crippen MR) is 102 cm³/mol. The molecule has 0 radical (unpaired) electrons. The first-order valence-electron chi connectivity index (χ1n) is 9.18. The lowest BCUT2D eigenvalue weighted by molar-refractivity contribution is -0.142. The van der Waals surface area contributed by atoms with Gasteiger partial charge in [-0.1, -0.05) is 30.3 Å². The minimum Gasteiger partial charge on any atom is -0.468 e. The fourth-order valence-corrected chi connectivity index (χ4v) is 4.43. The largest absolute Gasteiger partial charge is 0.468 e. The summed E-state index contributed by atoms with van der Waals surface area (Å²) in [6.45, 7) is 0.0621. The monoisotopic (exact) mass is 408 g/mol. The molecule has 28 heavy (non-hydrogen) atoms. The van der Waals surface area contributed by atoms with Crippen LogP contribution in [0.2, 0.25) is 0 Å². The van der Waals surface area contributed by atoms with E-state index in [0.29, 0.717) is 18.6 Å². The second-order valence-electron chi connectivity index (χ2n) is 6.61. The smallest absolute Gasteiger partial charge is 0.413 e. The molecule has 9 heteroatoms. The number of nitrogens with zero attached hydrogens (tertiary/aromatic N) is 1. The van der Waals surface area contributed by atoms with E-state index in [9.17, 15) is 14.4 Å². The van der Waals surface area contributed by atoms with Crippen LogP contribution in [0.25, 0.3) is 0 Å². The van der Waals surface area contributed by atoms with E-state index in [1.807, 2.05) is 30.3 Å². The summed E-state index contributed by atoms with van der Waals surface area (Å²) in [4.78, 5) is 37.2. The molecule has 2 aliphatic rings. The lowest BCUT2D eigenvalue weighted by Crippen LogP contribution is -2.39.